The Morgan fingerprint density at radius 2 is 1.76 bits per heavy atom. The minimum atomic E-state index is 0.874. The molecule has 0 saturated heterocycles. The second-order valence-corrected chi connectivity index (χ2v) is 3.87. The second-order valence-electron chi connectivity index (χ2n) is 3.87. The lowest BCUT2D eigenvalue weighted by Gasteiger charge is -2.03. The standard InChI is InChI=1S/C12H11N5/c1-9-2-4-10(5-3-9)11-6-13-16-12(11)17-7-14-15-8-17/h2-8H,1H3,(H,13,16). The summed E-state index contributed by atoms with van der Waals surface area (Å²) in [5, 5.41) is 14.6. The van der Waals surface area contributed by atoms with Crippen molar-refractivity contribution in [1.82, 2.24) is 25.0 Å². The highest BCUT2D eigenvalue weighted by Gasteiger charge is 2.08. The number of rotatable bonds is 2. The van der Waals surface area contributed by atoms with Crippen molar-refractivity contribution >= 4 is 0 Å². The normalized spacial score (nSPS) is 10.6. The number of nitrogens with zero attached hydrogens (tertiary/aromatic N) is 4. The summed E-state index contributed by atoms with van der Waals surface area (Å²) < 4.78 is 1.81. The van der Waals surface area contributed by atoms with Crippen LogP contribution in [0.2, 0.25) is 0 Å². The van der Waals surface area contributed by atoms with Gasteiger partial charge in [-0.05, 0) is 12.5 Å². The van der Waals surface area contributed by atoms with E-state index >= 15 is 0 Å². The van der Waals surface area contributed by atoms with Crippen molar-refractivity contribution in [3.8, 4) is 16.9 Å². The van der Waals surface area contributed by atoms with Gasteiger partial charge < -0.3 is 0 Å². The molecule has 3 rings (SSSR count). The van der Waals surface area contributed by atoms with Crippen LogP contribution in [0.3, 0.4) is 0 Å². The summed E-state index contributed by atoms with van der Waals surface area (Å²) in [6.07, 6.45) is 5.09. The smallest absolute Gasteiger partial charge is 0.142 e. The first-order valence-electron chi connectivity index (χ1n) is 5.30. The molecule has 0 saturated carbocycles. The fourth-order valence-electron chi connectivity index (χ4n) is 1.74. The predicted molar refractivity (Wildman–Crippen MR) is 63.7 cm³/mol. The third-order valence-corrected chi connectivity index (χ3v) is 2.66. The van der Waals surface area contributed by atoms with E-state index in [0.29, 0.717) is 0 Å². The Bertz CT molecular complexity index is 607. The summed E-state index contributed by atoms with van der Waals surface area (Å²) in [6, 6.07) is 8.32. The lowest BCUT2D eigenvalue weighted by Crippen LogP contribution is -1.93. The van der Waals surface area contributed by atoms with Crippen molar-refractivity contribution in [2.24, 2.45) is 0 Å². The number of aromatic amines is 1. The Morgan fingerprint density at radius 1 is 1.06 bits per heavy atom. The summed E-state index contributed by atoms with van der Waals surface area (Å²) in [4.78, 5) is 0. The third kappa shape index (κ3) is 1.71. The number of H-pyrrole nitrogens is 1. The van der Waals surface area contributed by atoms with E-state index in [2.05, 4.69) is 51.6 Å². The second kappa shape index (κ2) is 3.86. The molecule has 0 fully saturated rings. The maximum atomic E-state index is 4.08. The van der Waals surface area contributed by atoms with Crippen molar-refractivity contribution in [3.05, 3.63) is 48.7 Å². The van der Waals surface area contributed by atoms with Crippen molar-refractivity contribution in [3.63, 3.8) is 0 Å². The average molecular weight is 225 g/mol. The first-order chi connectivity index (χ1) is 8.34. The van der Waals surface area contributed by atoms with Crippen molar-refractivity contribution in [1.29, 1.82) is 0 Å². The maximum absolute atomic E-state index is 4.08. The van der Waals surface area contributed by atoms with E-state index < -0.39 is 0 Å². The van der Waals surface area contributed by atoms with Gasteiger partial charge in [0.05, 0.1) is 6.20 Å². The van der Waals surface area contributed by atoms with Crippen molar-refractivity contribution in [2.75, 3.05) is 0 Å². The molecule has 0 aliphatic rings. The van der Waals surface area contributed by atoms with Gasteiger partial charge in [0.25, 0.3) is 0 Å². The van der Waals surface area contributed by atoms with Gasteiger partial charge in [-0.25, -0.2) is 0 Å². The van der Waals surface area contributed by atoms with Crippen LogP contribution in [0.1, 0.15) is 5.56 Å². The number of nitrogens with one attached hydrogen (secondary N) is 1. The monoisotopic (exact) mass is 225 g/mol. The molecule has 0 atom stereocenters. The molecule has 0 unspecified atom stereocenters. The molecule has 5 heteroatoms. The number of hydrogen-bond donors (Lipinski definition) is 1. The molecule has 5 nitrogen and oxygen atoms in total. The highest BCUT2D eigenvalue weighted by Crippen LogP contribution is 2.24. The van der Waals surface area contributed by atoms with E-state index in [9.17, 15) is 0 Å². The molecule has 1 aromatic carbocycles. The number of benzene rings is 1. The Labute approximate surface area is 98.1 Å². The summed E-state index contributed by atoms with van der Waals surface area (Å²) in [7, 11) is 0. The quantitative estimate of drug-likeness (QED) is 0.725. The zero-order valence-corrected chi connectivity index (χ0v) is 9.33. The highest BCUT2D eigenvalue weighted by molar-refractivity contribution is 5.70. The average Bonchev–Trinajstić information content (AvgIpc) is 3.00. The Morgan fingerprint density at radius 3 is 2.47 bits per heavy atom. The molecule has 2 heterocycles. The molecule has 2 aromatic heterocycles. The van der Waals surface area contributed by atoms with Gasteiger partial charge in [-0.1, -0.05) is 29.8 Å². The molecular formula is C12H11N5. The van der Waals surface area contributed by atoms with E-state index in [0.717, 1.165) is 16.9 Å². The molecule has 0 amide bonds. The van der Waals surface area contributed by atoms with Gasteiger partial charge in [-0.15, -0.1) is 10.2 Å². The van der Waals surface area contributed by atoms with Gasteiger partial charge in [0, 0.05) is 5.56 Å². The molecule has 0 aliphatic carbocycles. The van der Waals surface area contributed by atoms with Crippen LogP contribution in [-0.2, 0) is 0 Å². The van der Waals surface area contributed by atoms with E-state index in [1.165, 1.54) is 5.56 Å². The largest absolute Gasteiger partial charge is 0.272 e. The molecular weight excluding hydrogens is 214 g/mol. The van der Waals surface area contributed by atoms with Gasteiger partial charge in [0.2, 0.25) is 0 Å². The van der Waals surface area contributed by atoms with Crippen LogP contribution in [0.25, 0.3) is 16.9 Å². The van der Waals surface area contributed by atoms with Gasteiger partial charge in [0.15, 0.2) is 0 Å². The predicted octanol–water partition coefficient (Wildman–Crippen LogP) is 1.97. The summed E-state index contributed by atoms with van der Waals surface area (Å²) >= 11 is 0. The summed E-state index contributed by atoms with van der Waals surface area (Å²) in [5.41, 5.74) is 3.39. The van der Waals surface area contributed by atoms with Crippen molar-refractivity contribution < 1.29 is 0 Å². The first-order valence-corrected chi connectivity index (χ1v) is 5.30. The molecule has 0 spiro atoms. The minimum absolute atomic E-state index is 0.874. The molecule has 17 heavy (non-hydrogen) atoms. The van der Waals surface area contributed by atoms with Crippen LogP contribution in [0, 0.1) is 6.92 Å². The lowest BCUT2D eigenvalue weighted by atomic mass is 10.1. The molecule has 0 bridgehead atoms. The van der Waals surface area contributed by atoms with Crippen LogP contribution in [-0.4, -0.2) is 25.0 Å². The van der Waals surface area contributed by atoms with Crippen LogP contribution < -0.4 is 0 Å². The Hall–Kier alpha value is -2.43. The third-order valence-electron chi connectivity index (χ3n) is 2.66. The van der Waals surface area contributed by atoms with Crippen LogP contribution >= 0.6 is 0 Å². The van der Waals surface area contributed by atoms with E-state index in [-0.39, 0.29) is 0 Å². The molecule has 3 aromatic rings. The topological polar surface area (TPSA) is 59.4 Å². The SMILES string of the molecule is Cc1ccc(-c2cn[nH]c2-n2cnnc2)cc1. The number of aromatic nitrogens is 5. The zero-order chi connectivity index (χ0) is 11.7. The first kappa shape index (κ1) is 9.77. The van der Waals surface area contributed by atoms with E-state index in [1.807, 2.05) is 4.57 Å². The fourth-order valence-corrected chi connectivity index (χ4v) is 1.74. The molecule has 1 N–H and O–H groups in total. The number of aryl methyl sites for hydroxylation is 1. The highest BCUT2D eigenvalue weighted by atomic mass is 15.3. The maximum Gasteiger partial charge on any atom is 0.142 e. The summed E-state index contributed by atoms with van der Waals surface area (Å²) in [5.74, 6) is 0.874. The minimum Gasteiger partial charge on any atom is -0.272 e. The van der Waals surface area contributed by atoms with Crippen LogP contribution in [0.5, 0.6) is 0 Å². The summed E-state index contributed by atoms with van der Waals surface area (Å²) in [6.45, 7) is 2.07. The number of hydrogen-bond acceptors (Lipinski definition) is 3. The van der Waals surface area contributed by atoms with Crippen LogP contribution in [0.4, 0.5) is 0 Å². The van der Waals surface area contributed by atoms with Gasteiger partial charge >= 0.3 is 0 Å². The van der Waals surface area contributed by atoms with Gasteiger partial charge in [0.1, 0.15) is 18.5 Å². The molecule has 84 valence electrons. The Kier molecular flexibility index (Phi) is 2.22. The Balaban J connectivity index is 2.10. The lowest BCUT2D eigenvalue weighted by molar-refractivity contribution is 0.955. The zero-order valence-electron chi connectivity index (χ0n) is 9.33. The van der Waals surface area contributed by atoms with Gasteiger partial charge in [-0.3, -0.25) is 9.67 Å². The van der Waals surface area contributed by atoms with E-state index in [4.69, 9.17) is 0 Å². The molecule has 0 radical (unpaired) electrons. The van der Waals surface area contributed by atoms with Crippen LogP contribution in [0.15, 0.2) is 43.1 Å². The van der Waals surface area contributed by atoms with Crippen molar-refractivity contribution in [2.45, 2.75) is 6.92 Å². The van der Waals surface area contributed by atoms with E-state index in [1.54, 1.807) is 18.9 Å². The van der Waals surface area contributed by atoms with Gasteiger partial charge in [-0.2, -0.15) is 5.10 Å². The fraction of sp³-hybridized carbons (Fsp3) is 0.0833. The molecule has 0 aliphatic heterocycles.